The van der Waals surface area contributed by atoms with Gasteiger partial charge in [0.05, 0.1) is 12.6 Å². The number of rotatable bonds is 5. The van der Waals surface area contributed by atoms with Gasteiger partial charge in [-0.15, -0.1) is 37.1 Å². The number of hydrogen-bond donors (Lipinski definition) is 3. The maximum atomic E-state index is 12.1. The fourth-order valence-corrected chi connectivity index (χ4v) is 2.01. The molecule has 0 aliphatic rings. The number of nitrogens with zero attached hydrogens (tertiary/aromatic N) is 1. The second kappa shape index (κ2) is 9.62. The van der Waals surface area contributed by atoms with Gasteiger partial charge in [0.1, 0.15) is 5.75 Å². The standard InChI is InChI=1S/C17H18F3N3O2.HI/c1-11-2-6-13(7-3-11)23-16(21)22-10-15(24)12-4-8-14(9-5-12)25-17(18,19)20;/h2-9,15,24H,10H2,1H3,(H3,21,22,23);1H. The van der Waals surface area contributed by atoms with Gasteiger partial charge < -0.3 is 20.9 Å². The molecule has 0 aromatic heterocycles. The lowest BCUT2D eigenvalue weighted by Gasteiger charge is -2.12. The maximum absolute atomic E-state index is 12.1. The van der Waals surface area contributed by atoms with Gasteiger partial charge in [-0.25, -0.2) is 0 Å². The summed E-state index contributed by atoms with van der Waals surface area (Å²) in [6.07, 6.45) is -5.75. The number of aliphatic imine (C=N–C) groups is 1. The van der Waals surface area contributed by atoms with Crippen LogP contribution in [0.1, 0.15) is 17.2 Å². The Morgan fingerprint density at radius 1 is 1.15 bits per heavy atom. The topological polar surface area (TPSA) is 79.9 Å². The zero-order chi connectivity index (χ0) is 18.4. The van der Waals surface area contributed by atoms with Gasteiger partial charge >= 0.3 is 6.36 Å². The SMILES string of the molecule is Cc1ccc(NC(N)=NCC(O)c2ccc(OC(F)(F)F)cc2)cc1.I. The highest BCUT2D eigenvalue weighted by molar-refractivity contribution is 14.0. The van der Waals surface area contributed by atoms with Crippen molar-refractivity contribution in [1.29, 1.82) is 0 Å². The molecule has 0 aliphatic carbocycles. The molecule has 0 heterocycles. The first-order valence-electron chi connectivity index (χ1n) is 7.40. The van der Waals surface area contributed by atoms with Gasteiger partial charge in [-0.2, -0.15) is 0 Å². The predicted octanol–water partition coefficient (Wildman–Crippen LogP) is 3.97. The van der Waals surface area contributed by atoms with Gasteiger partial charge in [-0.1, -0.05) is 29.8 Å². The lowest BCUT2D eigenvalue weighted by molar-refractivity contribution is -0.274. The molecule has 1 unspecified atom stereocenters. The Bertz CT molecular complexity index is 720. The van der Waals surface area contributed by atoms with E-state index in [4.69, 9.17) is 5.73 Å². The molecule has 142 valence electrons. The van der Waals surface area contributed by atoms with Crippen molar-refractivity contribution >= 4 is 35.6 Å². The minimum absolute atomic E-state index is 0. The zero-order valence-electron chi connectivity index (χ0n) is 13.8. The summed E-state index contributed by atoms with van der Waals surface area (Å²) in [5.41, 5.74) is 8.02. The molecule has 0 fully saturated rings. The van der Waals surface area contributed by atoms with E-state index in [0.717, 1.165) is 23.4 Å². The summed E-state index contributed by atoms with van der Waals surface area (Å²) in [5.74, 6) is -0.229. The van der Waals surface area contributed by atoms with Crippen LogP contribution in [0.3, 0.4) is 0 Å². The van der Waals surface area contributed by atoms with Crippen LogP contribution >= 0.6 is 24.0 Å². The van der Waals surface area contributed by atoms with Crippen LogP contribution in [0, 0.1) is 6.92 Å². The van der Waals surface area contributed by atoms with E-state index in [2.05, 4.69) is 15.0 Å². The first kappa shape index (κ1) is 22.0. The molecule has 2 aromatic carbocycles. The van der Waals surface area contributed by atoms with Crippen LogP contribution < -0.4 is 15.8 Å². The molecule has 0 saturated carbocycles. The third-order valence-corrected chi connectivity index (χ3v) is 3.26. The summed E-state index contributed by atoms with van der Waals surface area (Å²) < 4.78 is 40.1. The minimum atomic E-state index is -4.75. The van der Waals surface area contributed by atoms with Gasteiger partial charge in [0.2, 0.25) is 0 Å². The molecule has 4 N–H and O–H groups in total. The molecule has 26 heavy (non-hydrogen) atoms. The molecule has 2 rings (SSSR count). The number of aliphatic hydroxyl groups is 1. The van der Waals surface area contributed by atoms with Gasteiger partial charge in [-0.3, -0.25) is 4.99 Å². The Labute approximate surface area is 166 Å². The number of benzene rings is 2. The van der Waals surface area contributed by atoms with Gasteiger partial charge in [-0.05, 0) is 36.8 Å². The summed E-state index contributed by atoms with van der Waals surface area (Å²) in [4.78, 5) is 4.02. The molecule has 9 heteroatoms. The van der Waals surface area contributed by atoms with Crippen LogP contribution in [0.4, 0.5) is 18.9 Å². The fraction of sp³-hybridized carbons (Fsp3) is 0.235. The predicted molar refractivity (Wildman–Crippen MR) is 105 cm³/mol. The number of aryl methyl sites for hydroxylation is 1. The van der Waals surface area contributed by atoms with E-state index in [9.17, 15) is 18.3 Å². The van der Waals surface area contributed by atoms with E-state index in [-0.39, 0.29) is 42.2 Å². The number of halogens is 4. The normalized spacial score (nSPS) is 12.9. The monoisotopic (exact) mass is 481 g/mol. The van der Waals surface area contributed by atoms with Crippen LogP contribution in [0.25, 0.3) is 0 Å². The van der Waals surface area contributed by atoms with Crippen molar-refractivity contribution in [2.75, 3.05) is 11.9 Å². The fourth-order valence-electron chi connectivity index (χ4n) is 2.01. The summed E-state index contributed by atoms with van der Waals surface area (Å²) in [6, 6.07) is 12.4. The maximum Gasteiger partial charge on any atom is 0.573 e. The molecule has 2 aromatic rings. The molecule has 0 aliphatic heterocycles. The van der Waals surface area contributed by atoms with E-state index >= 15 is 0 Å². The van der Waals surface area contributed by atoms with E-state index in [1.54, 1.807) is 0 Å². The average molecular weight is 481 g/mol. The Balaban J connectivity index is 0.00000338. The zero-order valence-corrected chi connectivity index (χ0v) is 16.2. The Morgan fingerprint density at radius 3 is 2.27 bits per heavy atom. The molecule has 0 spiro atoms. The average Bonchev–Trinajstić information content (AvgIpc) is 2.54. The number of aliphatic hydroxyl groups excluding tert-OH is 1. The number of hydrogen-bond acceptors (Lipinski definition) is 3. The second-order valence-electron chi connectivity index (χ2n) is 5.35. The lowest BCUT2D eigenvalue weighted by Crippen LogP contribution is -2.23. The number of anilines is 1. The summed E-state index contributed by atoms with van der Waals surface area (Å²) in [5, 5.41) is 12.9. The highest BCUT2D eigenvalue weighted by Gasteiger charge is 2.31. The first-order valence-corrected chi connectivity index (χ1v) is 7.40. The molecule has 0 saturated heterocycles. The number of alkyl halides is 3. The van der Waals surface area contributed by atoms with Crippen molar-refractivity contribution in [2.45, 2.75) is 19.4 Å². The highest BCUT2D eigenvalue weighted by atomic mass is 127. The van der Waals surface area contributed by atoms with Crippen LogP contribution in [-0.2, 0) is 0 Å². The Morgan fingerprint density at radius 2 is 1.73 bits per heavy atom. The molecule has 0 amide bonds. The number of nitrogens with two attached hydrogens (primary N) is 1. The van der Waals surface area contributed by atoms with Gasteiger partial charge in [0, 0.05) is 5.69 Å². The third-order valence-electron chi connectivity index (χ3n) is 3.26. The molecule has 5 nitrogen and oxygen atoms in total. The van der Waals surface area contributed by atoms with Crippen LogP contribution in [0.2, 0.25) is 0 Å². The van der Waals surface area contributed by atoms with Crippen molar-refractivity contribution < 1.29 is 23.0 Å². The molecular formula is C17H19F3IN3O2. The summed E-state index contributed by atoms with van der Waals surface area (Å²) in [6.45, 7) is 1.92. The smallest absolute Gasteiger partial charge is 0.406 e. The largest absolute Gasteiger partial charge is 0.573 e. The lowest BCUT2D eigenvalue weighted by atomic mass is 10.1. The van der Waals surface area contributed by atoms with Crippen LogP contribution in [0.15, 0.2) is 53.5 Å². The van der Waals surface area contributed by atoms with E-state index in [1.807, 2.05) is 31.2 Å². The Kier molecular flexibility index (Phi) is 8.15. The van der Waals surface area contributed by atoms with Crippen LogP contribution in [0.5, 0.6) is 5.75 Å². The van der Waals surface area contributed by atoms with Gasteiger partial charge in [0.25, 0.3) is 0 Å². The third kappa shape index (κ3) is 7.48. The van der Waals surface area contributed by atoms with Crippen molar-refractivity contribution in [1.82, 2.24) is 0 Å². The summed E-state index contributed by atoms with van der Waals surface area (Å²) >= 11 is 0. The summed E-state index contributed by atoms with van der Waals surface area (Å²) in [7, 11) is 0. The Hall–Kier alpha value is -2.01. The van der Waals surface area contributed by atoms with Gasteiger partial charge in [0.15, 0.2) is 5.96 Å². The first-order chi connectivity index (χ1) is 11.7. The molecule has 0 radical (unpaired) electrons. The van der Waals surface area contributed by atoms with E-state index < -0.39 is 12.5 Å². The minimum Gasteiger partial charge on any atom is -0.406 e. The molecular weight excluding hydrogens is 462 g/mol. The highest BCUT2D eigenvalue weighted by Crippen LogP contribution is 2.24. The molecule has 1 atom stereocenters. The van der Waals surface area contributed by atoms with Crippen LogP contribution in [-0.4, -0.2) is 24.0 Å². The van der Waals surface area contributed by atoms with E-state index in [0.29, 0.717) is 5.56 Å². The number of nitrogens with one attached hydrogen (secondary N) is 1. The number of guanidine groups is 1. The van der Waals surface area contributed by atoms with Crippen molar-refractivity contribution in [3.8, 4) is 5.75 Å². The molecule has 0 bridgehead atoms. The quantitative estimate of drug-likeness (QED) is 0.343. The second-order valence-corrected chi connectivity index (χ2v) is 5.35. The van der Waals surface area contributed by atoms with Crippen molar-refractivity contribution in [3.63, 3.8) is 0 Å². The van der Waals surface area contributed by atoms with E-state index in [1.165, 1.54) is 12.1 Å². The van der Waals surface area contributed by atoms with Crippen molar-refractivity contribution in [2.24, 2.45) is 10.7 Å². The number of ether oxygens (including phenoxy) is 1. The van der Waals surface area contributed by atoms with Crippen molar-refractivity contribution in [3.05, 3.63) is 59.7 Å².